The molecular weight excluding hydrogens is 242 g/mol. The van der Waals surface area contributed by atoms with Crippen molar-refractivity contribution in [1.29, 1.82) is 0 Å². The van der Waals surface area contributed by atoms with Gasteiger partial charge in [0.1, 0.15) is 5.75 Å². The fourth-order valence-electron chi connectivity index (χ4n) is 1.70. The monoisotopic (exact) mass is 257 g/mol. The Bertz CT molecular complexity index is 564. The predicted octanol–water partition coefficient (Wildman–Crippen LogP) is 2.79. The molecule has 0 saturated heterocycles. The molecule has 98 valence electrons. The highest BCUT2D eigenvalue weighted by atomic mass is 16.5. The summed E-state index contributed by atoms with van der Waals surface area (Å²) in [6.07, 6.45) is 0. The number of carbonyl (C=O) groups is 1. The fourth-order valence-corrected chi connectivity index (χ4v) is 1.70. The first-order valence-corrected chi connectivity index (χ1v) is 5.90. The van der Waals surface area contributed by atoms with Crippen molar-refractivity contribution >= 4 is 11.7 Å². The van der Waals surface area contributed by atoms with Crippen molar-refractivity contribution < 1.29 is 14.6 Å². The van der Waals surface area contributed by atoms with E-state index in [0.29, 0.717) is 12.1 Å². The molecule has 4 heteroatoms. The summed E-state index contributed by atoms with van der Waals surface area (Å²) < 4.78 is 4.63. The zero-order valence-electron chi connectivity index (χ0n) is 10.6. The standard InChI is InChI=1S/C15H15NO3/c1-19-15(18)11-6-8-13(9-7-11)16-10-12-4-2-3-5-14(12)17/h2-9,16-17H,10H2,1H3. The number of ether oxygens (including phenoxy) is 1. The van der Waals surface area contributed by atoms with Crippen molar-refractivity contribution in [3.05, 3.63) is 59.7 Å². The number of hydrogen-bond acceptors (Lipinski definition) is 4. The molecule has 0 heterocycles. The summed E-state index contributed by atoms with van der Waals surface area (Å²) in [5.74, 6) is -0.0894. The average molecular weight is 257 g/mol. The van der Waals surface area contributed by atoms with E-state index in [2.05, 4.69) is 10.1 Å². The first-order chi connectivity index (χ1) is 9.20. The Kier molecular flexibility index (Phi) is 4.03. The van der Waals surface area contributed by atoms with Crippen LogP contribution in [0.3, 0.4) is 0 Å². The van der Waals surface area contributed by atoms with Gasteiger partial charge in [0.2, 0.25) is 0 Å². The Morgan fingerprint density at radius 1 is 1.16 bits per heavy atom. The molecule has 0 aliphatic rings. The quantitative estimate of drug-likeness (QED) is 0.827. The molecule has 2 aromatic rings. The van der Waals surface area contributed by atoms with Crippen molar-refractivity contribution in [3.63, 3.8) is 0 Å². The van der Waals surface area contributed by atoms with E-state index in [0.717, 1.165) is 11.3 Å². The summed E-state index contributed by atoms with van der Waals surface area (Å²) in [4.78, 5) is 11.3. The molecule has 2 aromatic carbocycles. The van der Waals surface area contributed by atoms with E-state index < -0.39 is 0 Å². The van der Waals surface area contributed by atoms with Gasteiger partial charge in [0.05, 0.1) is 12.7 Å². The lowest BCUT2D eigenvalue weighted by Crippen LogP contribution is -2.02. The first kappa shape index (κ1) is 13.0. The third kappa shape index (κ3) is 3.25. The third-order valence-corrected chi connectivity index (χ3v) is 2.78. The minimum absolute atomic E-state index is 0.265. The highest BCUT2D eigenvalue weighted by molar-refractivity contribution is 5.89. The zero-order chi connectivity index (χ0) is 13.7. The number of rotatable bonds is 4. The van der Waals surface area contributed by atoms with Gasteiger partial charge in [0, 0.05) is 17.8 Å². The Morgan fingerprint density at radius 2 is 1.84 bits per heavy atom. The summed E-state index contributed by atoms with van der Waals surface area (Å²) in [5.41, 5.74) is 2.20. The average Bonchev–Trinajstić information content (AvgIpc) is 2.46. The molecule has 0 radical (unpaired) electrons. The number of esters is 1. The molecule has 0 aliphatic heterocycles. The van der Waals surface area contributed by atoms with Crippen LogP contribution >= 0.6 is 0 Å². The molecule has 0 atom stereocenters. The Morgan fingerprint density at radius 3 is 2.47 bits per heavy atom. The van der Waals surface area contributed by atoms with E-state index in [4.69, 9.17) is 0 Å². The molecule has 4 nitrogen and oxygen atoms in total. The second-order valence-electron chi connectivity index (χ2n) is 4.05. The minimum atomic E-state index is -0.354. The van der Waals surface area contributed by atoms with E-state index in [1.54, 1.807) is 36.4 Å². The van der Waals surface area contributed by atoms with Gasteiger partial charge in [-0.1, -0.05) is 18.2 Å². The molecule has 0 bridgehead atoms. The predicted molar refractivity (Wildman–Crippen MR) is 73.2 cm³/mol. The molecular formula is C15H15NO3. The second kappa shape index (κ2) is 5.91. The fraction of sp³-hybridized carbons (Fsp3) is 0.133. The maximum Gasteiger partial charge on any atom is 0.337 e. The smallest absolute Gasteiger partial charge is 0.337 e. The van der Waals surface area contributed by atoms with Crippen molar-refractivity contribution in [2.45, 2.75) is 6.54 Å². The summed E-state index contributed by atoms with van der Waals surface area (Å²) in [6, 6.07) is 14.1. The van der Waals surface area contributed by atoms with Gasteiger partial charge in [-0.3, -0.25) is 0 Å². The van der Waals surface area contributed by atoms with Crippen LogP contribution in [0.15, 0.2) is 48.5 Å². The zero-order valence-corrected chi connectivity index (χ0v) is 10.6. The Labute approximate surface area is 111 Å². The van der Waals surface area contributed by atoms with Gasteiger partial charge in [-0.05, 0) is 30.3 Å². The number of aromatic hydroxyl groups is 1. The van der Waals surface area contributed by atoms with Crippen LogP contribution in [-0.2, 0) is 11.3 Å². The lowest BCUT2D eigenvalue weighted by atomic mass is 10.2. The van der Waals surface area contributed by atoms with Crippen molar-refractivity contribution in [1.82, 2.24) is 0 Å². The van der Waals surface area contributed by atoms with Gasteiger partial charge in [0.15, 0.2) is 0 Å². The van der Waals surface area contributed by atoms with E-state index >= 15 is 0 Å². The maximum atomic E-state index is 11.3. The number of phenols is 1. The van der Waals surface area contributed by atoms with Crippen LogP contribution in [0.25, 0.3) is 0 Å². The number of anilines is 1. The van der Waals surface area contributed by atoms with Crippen LogP contribution < -0.4 is 5.32 Å². The molecule has 0 amide bonds. The Hall–Kier alpha value is -2.49. The number of benzene rings is 2. The van der Waals surface area contributed by atoms with Crippen LogP contribution in [0.1, 0.15) is 15.9 Å². The van der Waals surface area contributed by atoms with Gasteiger partial charge in [-0.25, -0.2) is 4.79 Å². The lowest BCUT2D eigenvalue weighted by Gasteiger charge is -2.08. The summed E-state index contributed by atoms with van der Waals surface area (Å²) in [5, 5.41) is 12.8. The van der Waals surface area contributed by atoms with Crippen LogP contribution in [0, 0.1) is 0 Å². The summed E-state index contributed by atoms with van der Waals surface area (Å²) in [7, 11) is 1.35. The summed E-state index contributed by atoms with van der Waals surface area (Å²) in [6.45, 7) is 0.518. The SMILES string of the molecule is COC(=O)c1ccc(NCc2ccccc2O)cc1. The van der Waals surface area contributed by atoms with Crippen LogP contribution in [-0.4, -0.2) is 18.2 Å². The van der Waals surface area contributed by atoms with Crippen molar-refractivity contribution in [2.75, 3.05) is 12.4 Å². The highest BCUT2D eigenvalue weighted by Crippen LogP contribution is 2.18. The van der Waals surface area contributed by atoms with Crippen molar-refractivity contribution in [3.8, 4) is 5.75 Å². The third-order valence-electron chi connectivity index (χ3n) is 2.78. The maximum absolute atomic E-state index is 11.3. The van der Waals surface area contributed by atoms with Gasteiger partial charge < -0.3 is 15.2 Å². The largest absolute Gasteiger partial charge is 0.508 e. The van der Waals surface area contributed by atoms with Gasteiger partial charge in [-0.2, -0.15) is 0 Å². The van der Waals surface area contributed by atoms with E-state index in [9.17, 15) is 9.90 Å². The topological polar surface area (TPSA) is 58.6 Å². The normalized spacial score (nSPS) is 9.95. The number of methoxy groups -OCH3 is 1. The molecule has 2 N–H and O–H groups in total. The van der Waals surface area contributed by atoms with E-state index in [1.165, 1.54) is 7.11 Å². The number of hydrogen-bond donors (Lipinski definition) is 2. The second-order valence-corrected chi connectivity index (χ2v) is 4.05. The molecule has 2 rings (SSSR count). The lowest BCUT2D eigenvalue weighted by molar-refractivity contribution is 0.0601. The van der Waals surface area contributed by atoms with Crippen LogP contribution in [0.2, 0.25) is 0 Å². The van der Waals surface area contributed by atoms with Crippen LogP contribution in [0.5, 0.6) is 5.75 Å². The number of carbonyl (C=O) groups excluding carboxylic acids is 1. The highest BCUT2D eigenvalue weighted by Gasteiger charge is 2.04. The molecule has 0 spiro atoms. The summed E-state index contributed by atoms with van der Waals surface area (Å²) >= 11 is 0. The molecule has 19 heavy (non-hydrogen) atoms. The molecule has 0 unspecified atom stereocenters. The molecule has 0 aliphatic carbocycles. The van der Waals surface area contributed by atoms with Gasteiger partial charge >= 0.3 is 5.97 Å². The van der Waals surface area contributed by atoms with Gasteiger partial charge in [-0.15, -0.1) is 0 Å². The molecule has 0 fully saturated rings. The molecule has 0 aromatic heterocycles. The number of para-hydroxylation sites is 1. The minimum Gasteiger partial charge on any atom is -0.508 e. The first-order valence-electron chi connectivity index (χ1n) is 5.90. The number of phenolic OH excluding ortho intramolecular Hbond substituents is 1. The van der Waals surface area contributed by atoms with Crippen molar-refractivity contribution in [2.24, 2.45) is 0 Å². The Balaban J connectivity index is 2.01. The van der Waals surface area contributed by atoms with Gasteiger partial charge in [0.25, 0.3) is 0 Å². The van der Waals surface area contributed by atoms with E-state index in [1.807, 2.05) is 12.1 Å². The van der Waals surface area contributed by atoms with Crippen LogP contribution in [0.4, 0.5) is 5.69 Å². The molecule has 0 saturated carbocycles. The number of nitrogens with one attached hydrogen (secondary N) is 1. The van der Waals surface area contributed by atoms with E-state index in [-0.39, 0.29) is 11.7 Å².